The third-order valence-corrected chi connectivity index (χ3v) is 5.00. The van der Waals surface area contributed by atoms with Crippen LogP contribution in [0.5, 0.6) is 5.75 Å². The van der Waals surface area contributed by atoms with Crippen LogP contribution in [0.25, 0.3) is 0 Å². The molecule has 2 N–H and O–H groups in total. The third kappa shape index (κ3) is 5.98. The van der Waals surface area contributed by atoms with E-state index in [2.05, 4.69) is 75.0 Å². The molecule has 0 bridgehead atoms. The SMILES string of the molecule is C=C(C)C[C@H](c1cc(I)cc(I)c1O)N1CCNCC1.Cl.Cl. The Balaban J connectivity index is 0.00000220. The fraction of sp³-hybridized carbons (Fsp3) is 0.467. The van der Waals surface area contributed by atoms with Gasteiger partial charge in [0, 0.05) is 41.4 Å². The average Bonchev–Trinajstić information content (AvgIpc) is 2.41. The highest BCUT2D eigenvalue weighted by Gasteiger charge is 2.25. The third-order valence-electron chi connectivity index (χ3n) is 3.55. The highest BCUT2D eigenvalue weighted by molar-refractivity contribution is 14.1. The average molecular weight is 571 g/mol. The Morgan fingerprint density at radius 2 is 1.91 bits per heavy atom. The van der Waals surface area contributed by atoms with Gasteiger partial charge in [0.25, 0.3) is 0 Å². The number of phenolic OH excluding ortho intramolecular Hbond substituents is 1. The Morgan fingerprint density at radius 1 is 1.32 bits per heavy atom. The fourth-order valence-electron chi connectivity index (χ4n) is 2.60. The van der Waals surface area contributed by atoms with Gasteiger partial charge in [-0.2, -0.15) is 0 Å². The molecule has 1 aromatic rings. The summed E-state index contributed by atoms with van der Waals surface area (Å²) in [5.41, 5.74) is 2.19. The minimum absolute atomic E-state index is 0. The summed E-state index contributed by atoms with van der Waals surface area (Å²) in [5.74, 6) is 0.427. The maximum absolute atomic E-state index is 10.5. The summed E-state index contributed by atoms with van der Waals surface area (Å²) in [6.45, 7) is 10.2. The van der Waals surface area contributed by atoms with Crippen molar-refractivity contribution < 1.29 is 5.11 Å². The molecule has 0 spiro atoms. The zero-order chi connectivity index (χ0) is 14.7. The van der Waals surface area contributed by atoms with Gasteiger partial charge in [-0.15, -0.1) is 31.4 Å². The lowest BCUT2D eigenvalue weighted by molar-refractivity contribution is 0.169. The Morgan fingerprint density at radius 3 is 2.45 bits per heavy atom. The van der Waals surface area contributed by atoms with Crippen LogP contribution in [-0.4, -0.2) is 36.2 Å². The Bertz CT molecular complexity index is 509. The summed E-state index contributed by atoms with van der Waals surface area (Å²) in [6.07, 6.45) is 0.893. The molecule has 3 nitrogen and oxygen atoms in total. The van der Waals surface area contributed by atoms with E-state index in [9.17, 15) is 5.11 Å². The van der Waals surface area contributed by atoms with Crippen LogP contribution < -0.4 is 5.32 Å². The number of piperazine rings is 1. The molecule has 22 heavy (non-hydrogen) atoms. The van der Waals surface area contributed by atoms with Crippen LogP contribution in [0, 0.1) is 7.14 Å². The largest absolute Gasteiger partial charge is 0.506 e. The van der Waals surface area contributed by atoms with E-state index in [-0.39, 0.29) is 30.9 Å². The van der Waals surface area contributed by atoms with Crippen LogP contribution in [0.4, 0.5) is 0 Å². The summed E-state index contributed by atoms with van der Waals surface area (Å²) in [7, 11) is 0. The molecule has 2 rings (SSSR count). The number of nitrogens with zero attached hydrogens (tertiary/aromatic N) is 1. The molecule has 0 amide bonds. The van der Waals surface area contributed by atoms with E-state index < -0.39 is 0 Å². The fourth-order valence-corrected chi connectivity index (χ4v) is 4.49. The van der Waals surface area contributed by atoms with Crippen LogP contribution >= 0.6 is 70.0 Å². The van der Waals surface area contributed by atoms with Crippen molar-refractivity contribution in [3.05, 3.63) is 37.0 Å². The highest BCUT2D eigenvalue weighted by Crippen LogP contribution is 2.37. The predicted octanol–water partition coefficient (Wildman–Crippen LogP) is 4.36. The van der Waals surface area contributed by atoms with Crippen molar-refractivity contribution in [3.63, 3.8) is 0 Å². The molecule has 0 unspecified atom stereocenters. The van der Waals surface area contributed by atoms with Crippen LogP contribution in [0.1, 0.15) is 24.9 Å². The van der Waals surface area contributed by atoms with Crippen LogP contribution in [0.2, 0.25) is 0 Å². The van der Waals surface area contributed by atoms with Gasteiger partial charge in [0.15, 0.2) is 0 Å². The van der Waals surface area contributed by atoms with E-state index in [4.69, 9.17) is 0 Å². The van der Waals surface area contributed by atoms with Gasteiger partial charge < -0.3 is 10.4 Å². The molecule has 1 heterocycles. The van der Waals surface area contributed by atoms with Crippen molar-refractivity contribution in [2.24, 2.45) is 0 Å². The molecule has 0 radical (unpaired) electrons. The maximum Gasteiger partial charge on any atom is 0.133 e. The number of nitrogens with one attached hydrogen (secondary N) is 1. The van der Waals surface area contributed by atoms with E-state index in [0.717, 1.165) is 47.3 Å². The van der Waals surface area contributed by atoms with Crippen molar-refractivity contribution >= 4 is 70.0 Å². The second-order valence-corrected chi connectivity index (χ2v) is 7.70. The zero-order valence-electron chi connectivity index (χ0n) is 12.4. The number of phenols is 1. The number of aromatic hydroxyl groups is 1. The molecule has 1 fully saturated rings. The van der Waals surface area contributed by atoms with Crippen molar-refractivity contribution in [1.29, 1.82) is 0 Å². The topological polar surface area (TPSA) is 35.5 Å². The molecule has 126 valence electrons. The standard InChI is InChI=1S/C15H20I2N2O.2ClH/c1-10(2)7-14(19-5-3-18-4-6-19)12-8-11(16)9-13(17)15(12)20;;/h8-9,14,18,20H,1,3-7H2,2H3;2*1H/t14-;;/m1../s1. The molecule has 0 saturated carbocycles. The monoisotopic (exact) mass is 570 g/mol. The van der Waals surface area contributed by atoms with E-state index in [1.165, 1.54) is 3.57 Å². The number of hydrogen-bond acceptors (Lipinski definition) is 3. The van der Waals surface area contributed by atoms with E-state index >= 15 is 0 Å². The van der Waals surface area contributed by atoms with Crippen molar-refractivity contribution in [2.75, 3.05) is 26.2 Å². The second-order valence-electron chi connectivity index (χ2n) is 5.29. The molecule has 0 aromatic heterocycles. The molecule has 1 atom stereocenters. The van der Waals surface area contributed by atoms with Crippen LogP contribution in [-0.2, 0) is 0 Å². The first kappa shape index (κ1) is 22.7. The number of benzene rings is 1. The first-order valence-electron chi connectivity index (χ1n) is 6.76. The van der Waals surface area contributed by atoms with Crippen molar-refractivity contribution in [2.45, 2.75) is 19.4 Å². The van der Waals surface area contributed by atoms with Gasteiger partial charge in [0.1, 0.15) is 5.75 Å². The van der Waals surface area contributed by atoms with Gasteiger partial charge in [-0.1, -0.05) is 5.57 Å². The van der Waals surface area contributed by atoms with Gasteiger partial charge in [-0.25, -0.2) is 0 Å². The molecule has 1 aliphatic rings. The van der Waals surface area contributed by atoms with Gasteiger partial charge >= 0.3 is 0 Å². The lowest BCUT2D eigenvalue weighted by Crippen LogP contribution is -2.45. The molecule has 1 aliphatic heterocycles. The van der Waals surface area contributed by atoms with Crippen LogP contribution in [0.15, 0.2) is 24.3 Å². The normalized spacial score (nSPS) is 16.3. The minimum atomic E-state index is 0. The Labute approximate surface area is 172 Å². The number of hydrogen-bond donors (Lipinski definition) is 2. The van der Waals surface area contributed by atoms with Gasteiger partial charge in [-0.3, -0.25) is 4.90 Å². The molecule has 1 saturated heterocycles. The number of halogens is 4. The smallest absolute Gasteiger partial charge is 0.133 e. The van der Waals surface area contributed by atoms with E-state index in [1.807, 2.05) is 6.07 Å². The predicted molar refractivity (Wildman–Crippen MR) is 115 cm³/mol. The molecular weight excluding hydrogens is 549 g/mol. The van der Waals surface area contributed by atoms with Crippen molar-refractivity contribution in [1.82, 2.24) is 10.2 Å². The molecule has 0 aliphatic carbocycles. The quantitative estimate of drug-likeness (QED) is 0.417. The molecule has 7 heteroatoms. The lowest BCUT2D eigenvalue weighted by atomic mass is 9.97. The van der Waals surface area contributed by atoms with E-state index in [0.29, 0.717) is 5.75 Å². The Hall–Kier alpha value is 0.720. The first-order chi connectivity index (χ1) is 9.49. The van der Waals surface area contributed by atoms with Crippen molar-refractivity contribution in [3.8, 4) is 5.75 Å². The maximum atomic E-state index is 10.5. The molecular formula is C15H22Cl2I2N2O. The van der Waals surface area contributed by atoms with Crippen LogP contribution in [0.3, 0.4) is 0 Å². The summed E-state index contributed by atoms with van der Waals surface area (Å²) in [5, 5.41) is 13.8. The molecule has 1 aromatic carbocycles. The van der Waals surface area contributed by atoms with Gasteiger partial charge in [0.2, 0.25) is 0 Å². The summed E-state index contributed by atoms with van der Waals surface area (Å²) < 4.78 is 2.09. The van der Waals surface area contributed by atoms with Gasteiger partial charge in [0.05, 0.1) is 3.57 Å². The zero-order valence-corrected chi connectivity index (χ0v) is 18.4. The lowest BCUT2D eigenvalue weighted by Gasteiger charge is -2.36. The Kier molecular flexibility index (Phi) is 10.9. The summed E-state index contributed by atoms with van der Waals surface area (Å²) >= 11 is 4.52. The first-order valence-corrected chi connectivity index (χ1v) is 8.92. The summed E-state index contributed by atoms with van der Waals surface area (Å²) in [6, 6.07) is 4.33. The second kappa shape index (κ2) is 10.6. The number of rotatable bonds is 4. The van der Waals surface area contributed by atoms with E-state index in [1.54, 1.807) is 0 Å². The van der Waals surface area contributed by atoms with Gasteiger partial charge in [-0.05, 0) is 70.7 Å². The minimum Gasteiger partial charge on any atom is -0.506 e. The summed E-state index contributed by atoms with van der Waals surface area (Å²) in [4.78, 5) is 2.45. The highest BCUT2D eigenvalue weighted by atomic mass is 127.